The predicted molar refractivity (Wildman–Crippen MR) is 80.5 cm³/mol. The van der Waals surface area contributed by atoms with E-state index >= 15 is 0 Å². The van der Waals surface area contributed by atoms with Gasteiger partial charge < -0.3 is 14.9 Å². The first-order valence-electron chi connectivity index (χ1n) is 6.61. The third kappa shape index (κ3) is 4.56. The summed E-state index contributed by atoms with van der Waals surface area (Å²) in [4.78, 5) is 8.33. The zero-order valence-electron chi connectivity index (χ0n) is 12.6. The normalized spacial score (nSPS) is 11.9. The van der Waals surface area contributed by atoms with Crippen LogP contribution in [0.1, 0.15) is 24.2 Å². The van der Waals surface area contributed by atoms with E-state index < -0.39 is 6.10 Å². The van der Waals surface area contributed by atoms with Gasteiger partial charge in [0.05, 0.1) is 12.6 Å². The molecule has 1 unspecified atom stereocenters. The van der Waals surface area contributed by atoms with Gasteiger partial charge in [-0.25, -0.2) is 4.99 Å². The van der Waals surface area contributed by atoms with Crippen molar-refractivity contribution in [2.75, 3.05) is 34.7 Å². The monoisotopic (exact) mass is 263 g/mol. The van der Waals surface area contributed by atoms with Gasteiger partial charge in [0, 0.05) is 28.2 Å². The number of nitrogens with zero attached hydrogens (tertiary/aromatic N) is 3. The van der Waals surface area contributed by atoms with Crippen molar-refractivity contribution >= 4 is 5.96 Å². The molecule has 106 valence electrons. The maximum absolute atomic E-state index is 10.2. The van der Waals surface area contributed by atoms with E-state index in [9.17, 15) is 5.11 Å². The summed E-state index contributed by atoms with van der Waals surface area (Å²) in [7, 11) is 7.78. The van der Waals surface area contributed by atoms with Gasteiger partial charge in [0.1, 0.15) is 0 Å². The lowest BCUT2D eigenvalue weighted by Crippen LogP contribution is -2.35. The molecule has 0 aliphatic heterocycles. The van der Waals surface area contributed by atoms with E-state index in [1.165, 1.54) is 5.56 Å². The molecule has 1 N–H and O–H groups in total. The maximum Gasteiger partial charge on any atom is 0.195 e. The fourth-order valence-electron chi connectivity index (χ4n) is 1.93. The van der Waals surface area contributed by atoms with Gasteiger partial charge in [0.2, 0.25) is 0 Å². The zero-order valence-corrected chi connectivity index (χ0v) is 12.6. The summed E-state index contributed by atoms with van der Waals surface area (Å²) in [5.74, 6) is 0.851. The molecule has 0 aromatic heterocycles. The Balaban J connectivity index is 2.72. The van der Waals surface area contributed by atoms with Gasteiger partial charge in [0.25, 0.3) is 0 Å². The molecule has 0 heterocycles. The summed E-state index contributed by atoms with van der Waals surface area (Å²) in [5.41, 5.74) is 2.19. The molecule has 1 rings (SSSR count). The molecule has 0 bridgehead atoms. The van der Waals surface area contributed by atoms with Gasteiger partial charge in [-0.3, -0.25) is 0 Å². The Hall–Kier alpha value is -1.55. The Labute approximate surface area is 116 Å². The van der Waals surface area contributed by atoms with Crippen LogP contribution in [0.2, 0.25) is 0 Å². The van der Waals surface area contributed by atoms with E-state index in [0.717, 1.165) is 17.9 Å². The van der Waals surface area contributed by atoms with Crippen LogP contribution >= 0.6 is 0 Å². The number of aryl methyl sites for hydroxylation is 1. The Bertz CT molecular complexity index is 400. The molecule has 4 nitrogen and oxygen atoms in total. The summed E-state index contributed by atoms with van der Waals surface area (Å²) >= 11 is 0. The maximum atomic E-state index is 10.2. The van der Waals surface area contributed by atoms with E-state index in [-0.39, 0.29) is 0 Å². The second-order valence-corrected chi connectivity index (χ2v) is 5.04. The van der Waals surface area contributed by atoms with Gasteiger partial charge in [-0.15, -0.1) is 0 Å². The second kappa shape index (κ2) is 7.14. The van der Waals surface area contributed by atoms with E-state index in [1.807, 2.05) is 50.1 Å². The second-order valence-electron chi connectivity index (χ2n) is 5.04. The number of benzene rings is 1. The highest BCUT2D eigenvalue weighted by Gasteiger charge is 2.09. The molecule has 0 fully saturated rings. The van der Waals surface area contributed by atoms with Crippen LogP contribution in [0.3, 0.4) is 0 Å². The molecule has 1 atom stereocenters. The fraction of sp³-hybridized carbons (Fsp3) is 0.533. The molecule has 0 spiro atoms. The number of aliphatic hydroxyl groups excluding tert-OH is 1. The van der Waals surface area contributed by atoms with Crippen LogP contribution in [0.25, 0.3) is 0 Å². The van der Waals surface area contributed by atoms with Crippen molar-refractivity contribution in [2.24, 2.45) is 4.99 Å². The number of guanidine groups is 1. The van der Waals surface area contributed by atoms with Crippen molar-refractivity contribution in [3.05, 3.63) is 35.4 Å². The smallest absolute Gasteiger partial charge is 0.195 e. The lowest BCUT2D eigenvalue weighted by molar-refractivity contribution is 0.186. The van der Waals surface area contributed by atoms with Gasteiger partial charge in [-0.1, -0.05) is 31.2 Å². The van der Waals surface area contributed by atoms with Crippen molar-refractivity contribution in [1.82, 2.24) is 9.80 Å². The summed E-state index contributed by atoms with van der Waals surface area (Å²) in [5, 5.41) is 10.2. The number of rotatable bonds is 4. The van der Waals surface area contributed by atoms with E-state index in [0.29, 0.717) is 6.54 Å². The van der Waals surface area contributed by atoms with Crippen LogP contribution in [0.5, 0.6) is 0 Å². The fourth-order valence-corrected chi connectivity index (χ4v) is 1.93. The first-order valence-corrected chi connectivity index (χ1v) is 6.61. The molecule has 0 saturated carbocycles. The first kappa shape index (κ1) is 15.5. The molecule has 0 amide bonds. The molecule has 0 aliphatic rings. The summed E-state index contributed by atoms with van der Waals surface area (Å²) in [6.07, 6.45) is 0.459. The Morgan fingerprint density at radius 2 is 1.63 bits per heavy atom. The van der Waals surface area contributed by atoms with Gasteiger partial charge in [0.15, 0.2) is 5.96 Å². The molecule has 0 saturated heterocycles. The molecule has 1 aromatic carbocycles. The third-order valence-electron chi connectivity index (χ3n) is 2.98. The van der Waals surface area contributed by atoms with Crippen LogP contribution < -0.4 is 0 Å². The minimum atomic E-state index is -0.555. The van der Waals surface area contributed by atoms with Crippen LogP contribution in [-0.2, 0) is 6.42 Å². The average Bonchev–Trinajstić information content (AvgIpc) is 2.38. The van der Waals surface area contributed by atoms with Crippen molar-refractivity contribution in [3.8, 4) is 0 Å². The molecule has 4 heteroatoms. The molecular formula is C15H25N3O. The predicted octanol–water partition coefficient (Wildman–Crippen LogP) is 1.76. The van der Waals surface area contributed by atoms with Gasteiger partial charge >= 0.3 is 0 Å². The minimum Gasteiger partial charge on any atom is -0.386 e. The lowest BCUT2D eigenvalue weighted by atomic mass is 10.1. The van der Waals surface area contributed by atoms with Crippen molar-refractivity contribution in [3.63, 3.8) is 0 Å². The van der Waals surface area contributed by atoms with Gasteiger partial charge in [-0.2, -0.15) is 0 Å². The van der Waals surface area contributed by atoms with Crippen LogP contribution in [0.4, 0.5) is 0 Å². The number of hydrogen-bond donors (Lipinski definition) is 1. The largest absolute Gasteiger partial charge is 0.386 e. The average molecular weight is 263 g/mol. The van der Waals surface area contributed by atoms with Crippen LogP contribution in [0, 0.1) is 0 Å². The third-order valence-corrected chi connectivity index (χ3v) is 2.98. The standard InChI is InChI=1S/C15H25N3O/c1-6-12-7-9-13(10-8-12)14(19)11-16-15(17(2)3)18(4)5/h7-10,14,19H,6,11H2,1-5H3. The molecule has 0 aliphatic carbocycles. The molecular weight excluding hydrogens is 238 g/mol. The number of hydrogen-bond acceptors (Lipinski definition) is 2. The van der Waals surface area contributed by atoms with Crippen LogP contribution in [-0.4, -0.2) is 55.6 Å². The highest BCUT2D eigenvalue weighted by atomic mass is 16.3. The number of aliphatic hydroxyl groups is 1. The zero-order chi connectivity index (χ0) is 14.4. The SMILES string of the molecule is CCc1ccc(C(O)CN=C(N(C)C)N(C)C)cc1. The number of aliphatic imine (C=N–C) groups is 1. The van der Waals surface area contributed by atoms with Crippen molar-refractivity contribution in [2.45, 2.75) is 19.4 Å². The minimum absolute atomic E-state index is 0.372. The Morgan fingerprint density at radius 1 is 1.11 bits per heavy atom. The summed E-state index contributed by atoms with van der Waals surface area (Å²) < 4.78 is 0. The summed E-state index contributed by atoms with van der Waals surface area (Å²) in [6, 6.07) is 8.07. The Kier molecular flexibility index (Phi) is 5.83. The van der Waals surface area contributed by atoms with Crippen molar-refractivity contribution < 1.29 is 5.11 Å². The highest BCUT2D eigenvalue weighted by molar-refractivity contribution is 5.79. The molecule has 19 heavy (non-hydrogen) atoms. The summed E-state index contributed by atoms with van der Waals surface area (Å²) in [6.45, 7) is 2.49. The van der Waals surface area contributed by atoms with Crippen molar-refractivity contribution in [1.29, 1.82) is 0 Å². The first-order chi connectivity index (χ1) is 8.95. The van der Waals surface area contributed by atoms with Gasteiger partial charge in [-0.05, 0) is 17.5 Å². The molecule has 1 aromatic rings. The topological polar surface area (TPSA) is 39.1 Å². The lowest BCUT2D eigenvalue weighted by Gasteiger charge is -2.23. The highest BCUT2D eigenvalue weighted by Crippen LogP contribution is 2.14. The van der Waals surface area contributed by atoms with E-state index in [2.05, 4.69) is 24.0 Å². The Morgan fingerprint density at radius 3 is 2.05 bits per heavy atom. The van der Waals surface area contributed by atoms with E-state index in [4.69, 9.17) is 0 Å². The molecule has 0 radical (unpaired) electrons. The quantitative estimate of drug-likeness (QED) is 0.664. The van der Waals surface area contributed by atoms with Crippen LogP contribution in [0.15, 0.2) is 29.3 Å². The van der Waals surface area contributed by atoms with E-state index in [1.54, 1.807) is 0 Å².